The molecule has 19 heavy (non-hydrogen) atoms. The topological polar surface area (TPSA) is 75.4 Å². The van der Waals surface area contributed by atoms with Crippen molar-refractivity contribution >= 4 is 21.4 Å². The van der Waals surface area contributed by atoms with Crippen molar-refractivity contribution in [2.45, 2.75) is 31.6 Å². The highest BCUT2D eigenvalue weighted by molar-refractivity contribution is 7.89. The van der Waals surface area contributed by atoms with Gasteiger partial charge in [-0.15, -0.1) is 0 Å². The molecule has 5 nitrogen and oxygen atoms in total. The van der Waals surface area contributed by atoms with Crippen LogP contribution in [0, 0.1) is 0 Å². The van der Waals surface area contributed by atoms with Crippen LogP contribution in [0.2, 0.25) is 0 Å². The first-order valence-corrected chi connectivity index (χ1v) is 8.01. The average molecular weight is 285 g/mol. The first kappa shape index (κ1) is 15.8. The third-order valence-corrected chi connectivity index (χ3v) is 4.45. The largest absolute Gasteiger partial charge is 0.397 e. The van der Waals surface area contributed by atoms with E-state index in [0.717, 1.165) is 25.1 Å². The zero-order valence-corrected chi connectivity index (χ0v) is 12.6. The van der Waals surface area contributed by atoms with Crippen molar-refractivity contribution in [1.82, 2.24) is 4.72 Å². The molecule has 0 aliphatic carbocycles. The highest BCUT2D eigenvalue weighted by Crippen LogP contribution is 2.26. The van der Waals surface area contributed by atoms with E-state index in [1.807, 2.05) is 11.9 Å². The normalized spacial score (nSPS) is 11.5. The minimum absolute atomic E-state index is 0.252. The predicted molar refractivity (Wildman–Crippen MR) is 79.9 cm³/mol. The smallest absolute Gasteiger partial charge is 0.240 e. The van der Waals surface area contributed by atoms with Gasteiger partial charge >= 0.3 is 0 Å². The Bertz CT molecular complexity index is 515. The molecule has 0 aromatic heterocycles. The summed E-state index contributed by atoms with van der Waals surface area (Å²) in [4.78, 5) is 2.24. The van der Waals surface area contributed by atoms with Gasteiger partial charge in [-0.25, -0.2) is 13.1 Å². The van der Waals surface area contributed by atoms with E-state index in [0.29, 0.717) is 12.2 Å². The Morgan fingerprint density at radius 3 is 2.58 bits per heavy atom. The van der Waals surface area contributed by atoms with Crippen LogP contribution in [-0.2, 0) is 10.0 Å². The number of benzene rings is 1. The molecule has 1 aromatic rings. The van der Waals surface area contributed by atoms with E-state index in [2.05, 4.69) is 11.6 Å². The number of hydrogen-bond acceptors (Lipinski definition) is 4. The van der Waals surface area contributed by atoms with Crippen molar-refractivity contribution in [3.8, 4) is 0 Å². The molecular weight excluding hydrogens is 262 g/mol. The van der Waals surface area contributed by atoms with E-state index >= 15 is 0 Å². The molecule has 0 radical (unpaired) electrons. The third-order valence-electron chi connectivity index (χ3n) is 2.90. The van der Waals surface area contributed by atoms with Gasteiger partial charge in [-0.2, -0.15) is 0 Å². The Labute approximate surface area is 115 Å². The van der Waals surface area contributed by atoms with E-state index in [1.165, 1.54) is 6.07 Å². The molecule has 0 bridgehead atoms. The predicted octanol–water partition coefficient (Wildman–Crippen LogP) is 1.80. The van der Waals surface area contributed by atoms with Gasteiger partial charge < -0.3 is 10.6 Å². The number of nitrogens with two attached hydrogens (primary N) is 1. The lowest BCUT2D eigenvalue weighted by Crippen LogP contribution is -2.24. The maximum absolute atomic E-state index is 12.0. The van der Waals surface area contributed by atoms with Crippen LogP contribution in [0.1, 0.15) is 26.7 Å². The number of unbranched alkanes of at least 4 members (excludes halogenated alkanes) is 1. The summed E-state index contributed by atoms with van der Waals surface area (Å²) < 4.78 is 26.4. The zero-order chi connectivity index (χ0) is 14.5. The minimum Gasteiger partial charge on any atom is -0.397 e. The molecule has 108 valence electrons. The van der Waals surface area contributed by atoms with E-state index in [1.54, 1.807) is 19.1 Å². The molecule has 1 rings (SSSR count). The Morgan fingerprint density at radius 1 is 1.32 bits per heavy atom. The second-order valence-corrected chi connectivity index (χ2v) is 6.26. The van der Waals surface area contributed by atoms with Gasteiger partial charge in [-0.1, -0.05) is 20.3 Å². The lowest BCUT2D eigenvalue weighted by Gasteiger charge is -2.21. The van der Waals surface area contributed by atoms with Gasteiger partial charge in [0.05, 0.1) is 16.3 Å². The fourth-order valence-electron chi connectivity index (χ4n) is 1.81. The molecule has 6 heteroatoms. The summed E-state index contributed by atoms with van der Waals surface area (Å²) >= 11 is 0. The van der Waals surface area contributed by atoms with E-state index in [9.17, 15) is 8.42 Å². The van der Waals surface area contributed by atoms with Crippen LogP contribution in [0.4, 0.5) is 11.4 Å². The summed E-state index contributed by atoms with van der Waals surface area (Å²) in [6, 6.07) is 4.80. The van der Waals surface area contributed by atoms with Crippen molar-refractivity contribution in [2.24, 2.45) is 0 Å². The fraction of sp³-hybridized carbons (Fsp3) is 0.538. The van der Waals surface area contributed by atoms with Crippen LogP contribution in [0.5, 0.6) is 0 Å². The summed E-state index contributed by atoms with van der Waals surface area (Å²) in [5.41, 5.74) is 7.27. The van der Waals surface area contributed by atoms with Crippen LogP contribution >= 0.6 is 0 Å². The lowest BCUT2D eigenvalue weighted by atomic mass is 10.2. The fourth-order valence-corrected chi connectivity index (χ4v) is 2.87. The van der Waals surface area contributed by atoms with Gasteiger partial charge in [0.1, 0.15) is 0 Å². The molecular formula is C13H23N3O2S. The van der Waals surface area contributed by atoms with Crippen LogP contribution < -0.4 is 15.4 Å². The number of nitrogens with one attached hydrogen (secondary N) is 1. The summed E-state index contributed by atoms with van der Waals surface area (Å²) in [6.07, 6.45) is 2.12. The highest BCUT2D eigenvalue weighted by Gasteiger charge is 2.15. The van der Waals surface area contributed by atoms with Gasteiger partial charge in [-0.3, -0.25) is 0 Å². The number of nitrogen functional groups attached to an aromatic ring is 1. The monoisotopic (exact) mass is 285 g/mol. The lowest BCUT2D eigenvalue weighted by molar-refractivity contribution is 0.584. The molecule has 0 aliphatic heterocycles. The van der Waals surface area contributed by atoms with Crippen molar-refractivity contribution in [3.05, 3.63) is 18.2 Å². The number of anilines is 2. The number of hydrogen-bond donors (Lipinski definition) is 2. The third kappa shape index (κ3) is 4.11. The van der Waals surface area contributed by atoms with Crippen molar-refractivity contribution in [3.63, 3.8) is 0 Å². The standard InChI is InChI=1S/C13H23N3O2S/c1-4-6-9-16(3)13-10-11(7-8-12(13)14)19(17,18)15-5-2/h7-8,10,15H,4-6,9,14H2,1-3H3. The average Bonchev–Trinajstić information content (AvgIpc) is 2.36. The van der Waals surface area contributed by atoms with Crippen LogP contribution in [-0.4, -0.2) is 28.6 Å². The molecule has 0 saturated carbocycles. The van der Waals surface area contributed by atoms with Crippen molar-refractivity contribution < 1.29 is 8.42 Å². The molecule has 0 amide bonds. The summed E-state index contributed by atoms with van der Waals surface area (Å²) in [5, 5.41) is 0. The van der Waals surface area contributed by atoms with Gasteiger partial charge in [-0.05, 0) is 24.6 Å². The van der Waals surface area contributed by atoms with Gasteiger partial charge in [0.25, 0.3) is 0 Å². The molecule has 1 aromatic carbocycles. The quantitative estimate of drug-likeness (QED) is 0.749. The first-order chi connectivity index (χ1) is 8.92. The summed E-state index contributed by atoms with van der Waals surface area (Å²) in [5.74, 6) is 0. The van der Waals surface area contributed by atoms with Crippen molar-refractivity contribution in [1.29, 1.82) is 0 Å². The van der Waals surface area contributed by atoms with Crippen LogP contribution in [0.25, 0.3) is 0 Å². The maximum Gasteiger partial charge on any atom is 0.240 e. The van der Waals surface area contributed by atoms with Gasteiger partial charge in [0.2, 0.25) is 10.0 Å². The van der Waals surface area contributed by atoms with Gasteiger partial charge in [0, 0.05) is 20.1 Å². The first-order valence-electron chi connectivity index (χ1n) is 6.52. The molecule has 0 unspecified atom stereocenters. The highest BCUT2D eigenvalue weighted by atomic mass is 32.2. The molecule has 0 aliphatic rings. The summed E-state index contributed by atoms with van der Waals surface area (Å²) in [6.45, 7) is 5.09. The second kappa shape index (κ2) is 6.77. The maximum atomic E-state index is 12.0. The minimum atomic E-state index is -3.44. The van der Waals surface area contributed by atoms with Gasteiger partial charge in [0.15, 0.2) is 0 Å². The molecule has 0 spiro atoms. The SMILES string of the molecule is CCCCN(C)c1cc(S(=O)(=O)NCC)ccc1N. The molecule has 0 heterocycles. The molecule has 0 fully saturated rings. The number of sulfonamides is 1. The Hall–Kier alpha value is -1.27. The second-order valence-electron chi connectivity index (χ2n) is 4.50. The molecule has 0 atom stereocenters. The summed E-state index contributed by atoms with van der Waals surface area (Å²) in [7, 11) is -1.51. The van der Waals surface area contributed by atoms with E-state index < -0.39 is 10.0 Å². The number of nitrogens with zero attached hydrogens (tertiary/aromatic N) is 1. The number of rotatable bonds is 7. The zero-order valence-electron chi connectivity index (χ0n) is 11.8. The Balaban J connectivity index is 3.07. The van der Waals surface area contributed by atoms with Crippen molar-refractivity contribution in [2.75, 3.05) is 30.8 Å². The molecule has 0 saturated heterocycles. The van der Waals surface area contributed by atoms with E-state index in [-0.39, 0.29) is 4.90 Å². The van der Waals surface area contributed by atoms with Crippen LogP contribution in [0.3, 0.4) is 0 Å². The molecule has 3 N–H and O–H groups in total. The Kier molecular flexibility index (Phi) is 5.62. The van der Waals surface area contributed by atoms with Crippen LogP contribution in [0.15, 0.2) is 23.1 Å². The van der Waals surface area contributed by atoms with E-state index in [4.69, 9.17) is 5.73 Å². The Morgan fingerprint density at radius 2 is 2.00 bits per heavy atom.